The third kappa shape index (κ3) is 2.91. The van der Waals surface area contributed by atoms with Crippen LogP contribution in [0.25, 0.3) is 0 Å². The average Bonchev–Trinajstić information content (AvgIpc) is 3.33. The summed E-state index contributed by atoms with van der Waals surface area (Å²) in [5, 5.41) is 2.94. The number of carbonyl (C=O) groups excluding carboxylic acids is 1. The predicted molar refractivity (Wildman–Crippen MR) is 89.7 cm³/mol. The summed E-state index contributed by atoms with van der Waals surface area (Å²) in [5.74, 6) is 1.15. The van der Waals surface area contributed by atoms with Crippen molar-refractivity contribution in [1.82, 2.24) is 4.57 Å². The zero-order valence-electron chi connectivity index (χ0n) is 14.0. The summed E-state index contributed by atoms with van der Waals surface area (Å²) in [4.78, 5) is 12.7. The number of anilines is 1. The Morgan fingerprint density at radius 2 is 1.91 bits per heavy atom. The molecule has 0 atom stereocenters. The Kier molecular flexibility index (Phi) is 4.03. The van der Waals surface area contributed by atoms with E-state index >= 15 is 0 Å². The van der Waals surface area contributed by atoms with E-state index < -0.39 is 0 Å². The number of aromatic nitrogens is 1. The molecule has 0 spiro atoms. The second kappa shape index (κ2) is 5.99. The first-order chi connectivity index (χ1) is 11.0. The zero-order valence-corrected chi connectivity index (χ0v) is 14.0. The van der Waals surface area contributed by atoms with Crippen molar-refractivity contribution in [2.75, 3.05) is 19.5 Å². The number of nitrogens with one attached hydrogen (secondary N) is 1. The second-order valence-electron chi connectivity index (χ2n) is 5.91. The molecule has 1 heterocycles. The van der Waals surface area contributed by atoms with Crippen molar-refractivity contribution in [2.24, 2.45) is 0 Å². The Labute approximate surface area is 136 Å². The zero-order chi connectivity index (χ0) is 16.6. The van der Waals surface area contributed by atoms with Gasteiger partial charge in [-0.2, -0.15) is 0 Å². The van der Waals surface area contributed by atoms with Crippen molar-refractivity contribution in [3.05, 3.63) is 41.2 Å². The standard InChI is InChI=1S/C18H22N2O3/c1-11-9-15(12(2)20(11)13-5-6-13)18(21)19-16-8-7-14(22-3)10-17(16)23-4/h7-10,13H,5-6H2,1-4H3,(H,19,21). The maximum absolute atomic E-state index is 12.7. The molecule has 0 aliphatic heterocycles. The maximum atomic E-state index is 12.7. The number of ether oxygens (including phenoxy) is 2. The number of aryl methyl sites for hydroxylation is 1. The molecule has 23 heavy (non-hydrogen) atoms. The number of hydrogen-bond acceptors (Lipinski definition) is 3. The molecular weight excluding hydrogens is 292 g/mol. The smallest absolute Gasteiger partial charge is 0.257 e. The third-order valence-corrected chi connectivity index (χ3v) is 4.30. The van der Waals surface area contributed by atoms with Crippen molar-refractivity contribution in [2.45, 2.75) is 32.7 Å². The lowest BCUT2D eigenvalue weighted by molar-refractivity contribution is 0.102. The monoisotopic (exact) mass is 314 g/mol. The van der Waals surface area contributed by atoms with Gasteiger partial charge in [0.2, 0.25) is 0 Å². The molecule has 5 nitrogen and oxygen atoms in total. The van der Waals surface area contributed by atoms with Crippen LogP contribution < -0.4 is 14.8 Å². The highest BCUT2D eigenvalue weighted by Gasteiger charge is 2.28. The molecule has 1 saturated carbocycles. The number of nitrogens with zero attached hydrogens (tertiary/aromatic N) is 1. The molecule has 1 fully saturated rings. The number of methoxy groups -OCH3 is 2. The Morgan fingerprint density at radius 3 is 2.52 bits per heavy atom. The van der Waals surface area contributed by atoms with Gasteiger partial charge in [-0.25, -0.2) is 0 Å². The van der Waals surface area contributed by atoms with Crippen LogP contribution in [0.5, 0.6) is 11.5 Å². The molecular formula is C18H22N2O3. The van der Waals surface area contributed by atoms with Crippen LogP contribution in [0.4, 0.5) is 5.69 Å². The normalized spacial score (nSPS) is 13.7. The van der Waals surface area contributed by atoms with E-state index in [4.69, 9.17) is 9.47 Å². The molecule has 1 aromatic heterocycles. The Morgan fingerprint density at radius 1 is 1.17 bits per heavy atom. The van der Waals surface area contributed by atoms with Gasteiger partial charge in [-0.05, 0) is 44.9 Å². The molecule has 0 saturated heterocycles. The molecule has 5 heteroatoms. The van der Waals surface area contributed by atoms with Crippen LogP contribution >= 0.6 is 0 Å². The lowest BCUT2D eigenvalue weighted by Crippen LogP contribution is -2.14. The van der Waals surface area contributed by atoms with Crippen LogP contribution in [0.1, 0.15) is 40.6 Å². The molecule has 2 aromatic rings. The molecule has 0 unspecified atom stereocenters. The van der Waals surface area contributed by atoms with E-state index in [0.717, 1.165) is 11.4 Å². The Bertz CT molecular complexity index is 745. The van der Waals surface area contributed by atoms with E-state index in [0.29, 0.717) is 28.8 Å². The predicted octanol–water partition coefficient (Wildman–Crippen LogP) is 3.71. The molecule has 1 N–H and O–H groups in total. The minimum absolute atomic E-state index is 0.117. The van der Waals surface area contributed by atoms with Gasteiger partial charge in [-0.3, -0.25) is 4.79 Å². The van der Waals surface area contributed by atoms with E-state index in [2.05, 4.69) is 16.8 Å². The summed E-state index contributed by atoms with van der Waals surface area (Å²) in [7, 11) is 3.17. The van der Waals surface area contributed by atoms with Crippen LogP contribution in [0.3, 0.4) is 0 Å². The van der Waals surface area contributed by atoms with Crippen molar-refractivity contribution < 1.29 is 14.3 Å². The number of rotatable bonds is 5. The number of carbonyl (C=O) groups is 1. The Balaban J connectivity index is 1.86. The SMILES string of the molecule is COc1ccc(NC(=O)c2cc(C)n(C3CC3)c2C)c(OC)c1. The minimum Gasteiger partial charge on any atom is -0.497 e. The number of hydrogen-bond donors (Lipinski definition) is 1. The second-order valence-corrected chi connectivity index (χ2v) is 5.91. The lowest BCUT2D eigenvalue weighted by atomic mass is 10.2. The summed E-state index contributed by atoms with van der Waals surface area (Å²) in [6, 6.07) is 7.86. The fraction of sp³-hybridized carbons (Fsp3) is 0.389. The average molecular weight is 314 g/mol. The fourth-order valence-corrected chi connectivity index (χ4v) is 2.99. The molecule has 3 rings (SSSR count). The van der Waals surface area contributed by atoms with Gasteiger partial charge in [0.15, 0.2) is 0 Å². The summed E-state index contributed by atoms with van der Waals surface area (Å²) in [6.07, 6.45) is 2.40. The van der Waals surface area contributed by atoms with Gasteiger partial charge in [-0.15, -0.1) is 0 Å². The van der Waals surface area contributed by atoms with Gasteiger partial charge in [0.05, 0.1) is 25.5 Å². The van der Waals surface area contributed by atoms with Crippen LogP contribution in [0.15, 0.2) is 24.3 Å². The van der Waals surface area contributed by atoms with E-state index in [1.807, 2.05) is 13.0 Å². The minimum atomic E-state index is -0.117. The van der Waals surface area contributed by atoms with Gasteiger partial charge in [0.25, 0.3) is 5.91 Å². The van der Waals surface area contributed by atoms with E-state index in [-0.39, 0.29) is 5.91 Å². The highest BCUT2D eigenvalue weighted by molar-refractivity contribution is 6.06. The van der Waals surface area contributed by atoms with Gasteiger partial charge >= 0.3 is 0 Å². The number of amides is 1. The van der Waals surface area contributed by atoms with Crippen molar-refractivity contribution in [3.8, 4) is 11.5 Å². The first kappa shape index (κ1) is 15.5. The van der Waals surface area contributed by atoms with Gasteiger partial charge < -0.3 is 19.4 Å². The van der Waals surface area contributed by atoms with Crippen LogP contribution in [-0.2, 0) is 0 Å². The van der Waals surface area contributed by atoms with E-state index in [1.54, 1.807) is 32.4 Å². The molecule has 1 aliphatic carbocycles. The maximum Gasteiger partial charge on any atom is 0.257 e. The highest BCUT2D eigenvalue weighted by atomic mass is 16.5. The largest absolute Gasteiger partial charge is 0.497 e. The van der Waals surface area contributed by atoms with Gasteiger partial charge in [0, 0.05) is 23.5 Å². The molecule has 1 aliphatic rings. The van der Waals surface area contributed by atoms with Crippen molar-refractivity contribution in [1.29, 1.82) is 0 Å². The van der Waals surface area contributed by atoms with Gasteiger partial charge in [-0.1, -0.05) is 0 Å². The van der Waals surface area contributed by atoms with Crippen molar-refractivity contribution in [3.63, 3.8) is 0 Å². The summed E-state index contributed by atoms with van der Waals surface area (Å²) in [6.45, 7) is 4.06. The summed E-state index contributed by atoms with van der Waals surface area (Å²) >= 11 is 0. The summed E-state index contributed by atoms with van der Waals surface area (Å²) in [5.41, 5.74) is 3.51. The summed E-state index contributed by atoms with van der Waals surface area (Å²) < 4.78 is 12.8. The Hall–Kier alpha value is -2.43. The fourth-order valence-electron chi connectivity index (χ4n) is 2.99. The molecule has 122 valence electrons. The van der Waals surface area contributed by atoms with Crippen LogP contribution in [0.2, 0.25) is 0 Å². The highest BCUT2D eigenvalue weighted by Crippen LogP contribution is 2.38. The first-order valence-electron chi connectivity index (χ1n) is 7.77. The van der Waals surface area contributed by atoms with Crippen LogP contribution in [0, 0.1) is 13.8 Å². The van der Waals surface area contributed by atoms with E-state index in [9.17, 15) is 4.79 Å². The van der Waals surface area contributed by atoms with Crippen molar-refractivity contribution >= 4 is 11.6 Å². The lowest BCUT2D eigenvalue weighted by Gasteiger charge is -2.12. The molecule has 1 amide bonds. The quantitative estimate of drug-likeness (QED) is 0.915. The number of benzene rings is 1. The van der Waals surface area contributed by atoms with Gasteiger partial charge in [0.1, 0.15) is 11.5 Å². The van der Waals surface area contributed by atoms with E-state index in [1.165, 1.54) is 12.8 Å². The first-order valence-corrected chi connectivity index (χ1v) is 7.77. The topological polar surface area (TPSA) is 52.5 Å². The molecule has 0 radical (unpaired) electrons. The molecule has 0 bridgehead atoms. The van der Waals surface area contributed by atoms with Crippen LogP contribution in [-0.4, -0.2) is 24.7 Å². The third-order valence-electron chi connectivity index (χ3n) is 4.30. The molecule has 1 aromatic carbocycles.